The van der Waals surface area contributed by atoms with Crippen LogP contribution >= 0.6 is 0 Å². The Labute approximate surface area is 155 Å². The zero-order valence-corrected chi connectivity index (χ0v) is 14.3. The average molecular weight is 364 g/mol. The number of hydrogen-bond donors (Lipinski definition) is 0. The lowest BCUT2D eigenvalue weighted by atomic mass is 10.0. The molecule has 1 unspecified atom stereocenters. The van der Waals surface area contributed by atoms with E-state index in [-0.39, 0.29) is 30.8 Å². The molecule has 0 aromatic heterocycles. The molecule has 0 aliphatic carbocycles. The van der Waals surface area contributed by atoms with Crippen molar-refractivity contribution in [3.8, 4) is 0 Å². The first-order valence-corrected chi connectivity index (χ1v) is 8.51. The first-order valence-electron chi connectivity index (χ1n) is 8.51. The molecule has 7 heteroatoms. The first-order chi connectivity index (χ1) is 13.1. The van der Waals surface area contributed by atoms with Crippen LogP contribution in [0.3, 0.4) is 0 Å². The molecule has 2 aromatic rings. The second-order valence-electron chi connectivity index (χ2n) is 6.41. The fourth-order valence-corrected chi connectivity index (χ4v) is 3.37. The molecule has 0 radical (unpaired) electrons. The largest absolute Gasteiger partial charge is 0.443 e. The number of nitrogens with zero attached hydrogens (tertiary/aromatic N) is 2. The summed E-state index contributed by atoms with van der Waals surface area (Å²) in [5.74, 6) is -2.00. The summed E-state index contributed by atoms with van der Waals surface area (Å²) in [6, 6.07) is 14.6. The zero-order chi connectivity index (χ0) is 19.0. The highest BCUT2D eigenvalue weighted by molar-refractivity contribution is 6.22. The molecule has 2 aliphatic rings. The van der Waals surface area contributed by atoms with Crippen molar-refractivity contribution in [1.29, 1.82) is 0 Å². The maximum atomic E-state index is 13.1. The molecule has 1 saturated heterocycles. The summed E-state index contributed by atoms with van der Waals surface area (Å²) in [7, 11) is 0. The molecule has 27 heavy (non-hydrogen) atoms. The van der Waals surface area contributed by atoms with Crippen molar-refractivity contribution < 1.29 is 23.9 Å². The third-order valence-corrected chi connectivity index (χ3v) is 4.71. The monoisotopic (exact) mass is 364 g/mol. The predicted octanol–water partition coefficient (Wildman–Crippen LogP) is 1.24. The van der Waals surface area contributed by atoms with Crippen molar-refractivity contribution in [3.63, 3.8) is 0 Å². The summed E-state index contributed by atoms with van der Waals surface area (Å²) in [4.78, 5) is 52.4. The molecule has 0 saturated carbocycles. The van der Waals surface area contributed by atoms with Gasteiger partial charge < -0.3 is 4.74 Å². The lowest BCUT2D eigenvalue weighted by Gasteiger charge is -2.28. The van der Waals surface area contributed by atoms with E-state index < -0.39 is 29.7 Å². The van der Waals surface area contributed by atoms with Crippen LogP contribution in [0.5, 0.6) is 0 Å². The van der Waals surface area contributed by atoms with Gasteiger partial charge in [0.2, 0.25) is 5.91 Å². The quantitative estimate of drug-likeness (QED) is 0.602. The summed E-state index contributed by atoms with van der Waals surface area (Å²) in [5, 5.41) is 0. The van der Waals surface area contributed by atoms with E-state index in [2.05, 4.69) is 0 Å². The zero-order valence-electron chi connectivity index (χ0n) is 14.3. The van der Waals surface area contributed by atoms with Crippen LogP contribution in [-0.4, -0.2) is 52.8 Å². The first kappa shape index (κ1) is 17.0. The molecular formula is C20H16N2O5. The van der Waals surface area contributed by atoms with Crippen molar-refractivity contribution in [1.82, 2.24) is 9.80 Å². The summed E-state index contributed by atoms with van der Waals surface area (Å²) < 4.78 is 4.84. The number of esters is 1. The third kappa shape index (κ3) is 2.97. The van der Waals surface area contributed by atoms with Crippen LogP contribution in [0.4, 0.5) is 0 Å². The minimum atomic E-state index is -1.05. The number of hydrogen-bond acceptors (Lipinski definition) is 5. The molecule has 1 fully saturated rings. The van der Waals surface area contributed by atoms with Gasteiger partial charge in [-0.15, -0.1) is 0 Å². The molecule has 2 heterocycles. The second-order valence-corrected chi connectivity index (χ2v) is 6.41. The number of amides is 3. The van der Waals surface area contributed by atoms with Crippen molar-refractivity contribution >= 4 is 23.7 Å². The highest BCUT2D eigenvalue weighted by atomic mass is 16.6. The Balaban J connectivity index is 1.70. The van der Waals surface area contributed by atoms with Gasteiger partial charge in [0.05, 0.1) is 11.1 Å². The van der Waals surface area contributed by atoms with E-state index in [1.807, 2.05) is 30.3 Å². The van der Waals surface area contributed by atoms with E-state index in [1.54, 1.807) is 24.3 Å². The van der Waals surface area contributed by atoms with Gasteiger partial charge in [-0.05, 0) is 17.7 Å². The van der Waals surface area contributed by atoms with Gasteiger partial charge in [-0.25, -0.2) is 0 Å². The number of benzene rings is 2. The smallest absolute Gasteiger partial charge is 0.327 e. The highest BCUT2D eigenvalue weighted by Gasteiger charge is 2.44. The van der Waals surface area contributed by atoms with Crippen LogP contribution in [0.2, 0.25) is 0 Å². The van der Waals surface area contributed by atoms with E-state index >= 15 is 0 Å². The van der Waals surface area contributed by atoms with E-state index in [9.17, 15) is 19.2 Å². The average Bonchev–Trinajstić information content (AvgIpc) is 3.23. The number of carbonyl (C=O) groups excluding carboxylic acids is 4. The molecule has 0 bridgehead atoms. The van der Waals surface area contributed by atoms with Crippen LogP contribution in [0.1, 0.15) is 26.3 Å². The molecule has 0 spiro atoms. The SMILES string of the molecule is O=C1CN(C(=O)C(Cc2ccccc2)N2C(=O)c3ccccc3C2=O)CO1. The van der Waals surface area contributed by atoms with Gasteiger partial charge in [-0.3, -0.25) is 29.0 Å². The maximum Gasteiger partial charge on any atom is 0.327 e. The van der Waals surface area contributed by atoms with Crippen LogP contribution < -0.4 is 0 Å². The van der Waals surface area contributed by atoms with E-state index in [1.165, 1.54) is 4.90 Å². The Kier molecular flexibility index (Phi) is 4.19. The van der Waals surface area contributed by atoms with Gasteiger partial charge in [-0.1, -0.05) is 42.5 Å². The Morgan fingerprint density at radius 1 is 0.926 bits per heavy atom. The van der Waals surface area contributed by atoms with Crippen molar-refractivity contribution in [2.45, 2.75) is 12.5 Å². The number of cyclic esters (lactones) is 1. The Bertz CT molecular complexity index is 905. The number of fused-ring (bicyclic) bond motifs is 1. The number of ether oxygens (including phenoxy) is 1. The number of carbonyl (C=O) groups is 4. The van der Waals surface area contributed by atoms with Crippen molar-refractivity contribution in [3.05, 3.63) is 71.3 Å². The van der Waals surface area contributed by atoms with Crippen molar-refractivity contribution in [2.75, 3.05) is 13.3 Å². The molecule has 136 valence electrons. The maximum absolute atomic E-state index is 13.1. The highest BCUT2D eigenvalue weighted by Crippen LogP contribution is 2.27. The number of rotatable bonds is 4. The normalized spacial score (nSPS) is 17.1. The number of imide groups is 1. The second kappa shape index (κ2) is 6.68. The van der Waals surface area contributed by atoms with E-state index in [0.29, 0.717) is 0 Å². The lowest BCUT2D eigenvalue weighted by Crippen LogP contribution is -2.51. The van der Waals surface area contributed by atoms with E-state index in [0.717, 1.165) is 10.5 Å². The van der Waals surface area contributed by atoms with Gasteiger partial charge >= 0.3 is 5.97 Å². The minimum absolute atomic E-state index is 0.163. The molecule has 3 amide bonds. The van der Waals surface area contributed by atoms with Crippen LogP contribution in [0.25, 0.3) is 0 Å². The van der Waals surface area contributed by atoms with Gasteiger partial charge in [-0.2, -0.15) is 0 Å². The Morgan fingerprint density at radius 3 is 2.07 bits per heavy atom. The molecule has 0 N–H and O–H groups in total. The molecule has 2 aromatic carbocycles. The summed E-state index contributed by atoms with van der Waals surface area (Å²) in [6.07, 6.45) is 0.163. The fourth-order valence-electron chi connectivity index (χ4n) is 3.37. The molecule has 2 aliphatic heterocycles. The predicted molar refractivity (Wildman–Crippen MR) is 93.5 cm³/mol. The van der Waals surface area contributed by atoms with E-state index in [4.69, 9.17) is 4.74 Å². The standard InChI is InChI=1S/C20H16N2O5/c23-17-11-21(12-27-17)20(26)16(10-13-6-2-1-3-7-13)22-18(24)14-8-4-5-9-15(14)19(22)25/h1-9,16H,10-12H2. The van der Waals surface area contributed by atoms with Gasteiger partial charge in [0.25, 0.3) is 11.8 Å². The van der Waals surface area contributed by atoms with Crippen LogP contribution in [-0.2, 0) is 20.7 Å². The summed E-state index contributed by atoms with van der Waals surface area (Å²) in [6.45, 7) is -0.362. The molecule has 1 atom stereocenters. The van der Waals surface area contributed by atoms with Crippen LogP contribution in [0.15, 0.2) is 54.6 Å². The molecule has 4 rings (SSSR count). The van der Waals surface area contributed by atoms with Gasteiger partial charge in [0.1, 0.15) is 12.6 Å². The Morgan fingerprint density at radius 2 is 1.52 bits per heavy atom. The van der Waals surface area contributed by atoms with Crippen LogP contribution in [0, 0.1) is 0 Å². The van der Waals surface area contributed by atoms with Gasteiger partial charge in [0, 0.05) is 6.42 Å². The van der Waals surface area contributed by atoms with Crippen molar-refractivity contribution in [2.24, 2.45) is 0 Å². The molecule has 7 nitrogen and oxygen atoms in total. The van der Waals surface area contributed by atoms with Gasteiger partial charge in [0.15, 0.2) is 6.73 Å². The molecular weight excluding hydrogens is 348 g/mol. The topological polar surface area (TPSA) is 84.0 Å². The summed E-state index contributed by atoms with van der Waals surface area (Å²) >= 11 is 0. The third-order valence-electron chi connectivity index (χ3n) is 4.71. The minimum Gasteiger partial charge on any atom is -0.443 e. The lowest BCUT2D eigenvalue weighted by molar-refractivity contribution is -0.137. The Hall–Kier alpha value is -3.48. The summed E-state index contributed by atoms with van der Waals surface area (Å²) in [5.41, 5.74) is 1.36. The fraction of sp³-hybridized carbons (Fsp3) is 0.200.